The van der Waals surface area contributed by atoms with E-state index < -0.39 is 0 Å². The summed E-state index contributed by atoms with van der Waals surface area (Å²) in [5.41, 5.74) is 0.426. The summed E-state index contributed by atoms with van der Waals surface area (Å²) in [6.07, 6.45) is 2.58. The maximum Gasteiger partial charge on any atom is 0.272 e. The van der Waals surface area contributed by atoms with E-state index in [0.29, 0.717) is 18.0 Å². The quantitative estimate of drug-likeness (QED) is 0.902. The van der Waals surface area contributed by atoms with Crippen LogP contribution in [0.4, 0.5) is 0 Å². The molecule has 0 radical (unpaired) electrons. The van der Waals surface area contributed by atoms with Crippen LogP contribution in [0.2, 0.25) is 0 Å². The Balaban J connectivity index is 0.00000144. The summed E-state index contributed by atoms with van der Waals surface area (Å²) in [6, 6.07) is 13.0. The second kappa shape index (κ2) is 10.1. The first-order valence-electron chi connectivity index (χ1n) is 7.52. The van der Waals surface area contributed by atoms with Crippen LogP contribution in [-0.4, -0.2) is 42.0 Å². The first kappa shape index (κ1) is 20.2. The highest BCUT2D eigenvalue weighted by molar-refractivity contribution is 5.92. The van der Waals surface area contributed by atoms with E-state index in [1.165, 1.54) is 0 Å². The molecule has 0 atom stereocenters. The Morgan fingerprint density at radius 3 is 2.62 bits per heavy atom. The molecule has 2 heterocycles. The number of hydrogen-bond donors (Lipinski definition) is 1. The van der Waals surface area contributed by atoms with Crippen molar-refractivity contribution in [2.24, 2.45) is 0 Å². The van der Waals surface area contributed by atoms with E-state index in [4.69, 9.17) is 4.74 Å². The molecule has 24 heavy (non-hydrogen) atoms. The van der Waals surface area contributed by atoms with Crippen LogP contribution >= 0.6 is 24.8 Å². The van der Waals surface area contributed by atoms with E-state index in [1.54, 1.807) is 18.3 Å². The second-order valence-electron chi connectivity index (χ2n) is 5.19. The number of nitrogens with zero attached hydrogens (tertiary/aromatic N) is 2. The third kappa shape index (κ3) is 5.37. The highest BCUT2D eigenvalue weighted by Gasteiger charge is 2.18. The molecule has 0 saturated carbocycles. The predicted octanol–water partition coefficient (Wildman–Crippen LogP) is 3.15. The van der Waals surface area contributed by atoms with Gasteiger partial charge in [0.2, 0.25) is 0 Å². The number of aromatic nitrogens is 1. The van der Waals surface area contributed by atoms with Gasteiger partial charge in [0.15, 0.2) is 0 Å². The van der Waals surface area contributed by atoms with Crippen molar-refractivity contribution in [3.8, 4) is 11.5 Å². The molecule has 0 aliphatic carbocycles. The van der Waals surface area contributed by atoms with E-state index in [1.807, 2.05) is 35.2 Å². The highest BCUT2D eigenvalue weighted by atomic mass is 35.5. The normalized spacial score (nSPS) is 13.9. The van der Waals surface area contributed by atoms with Gasteiger partial charge in [-0.1, -0.05) is 18.2 Å². The zero-order valence-electron chi connectivity index (χ0n) is 13.2. The standard InChI is InChI=1S/C17H19N3O2.2ClH/c21-17(20-11-4-8-18-10-12-20)16-13-15(7-9-19-16)22-14-5-2-1-3-6-14;;/h1-3,5-7,9,13,18H,4,8,10-12H2;2*1H. The number of rotatable bonds is 3. The molecule has 1 amide bonds. The molecular formula is C17H21Cl2N3O2. The molecule has 1 fully saturated rings. The number of halogens is 2. The SMILES string of the molecule is Cl.Cl.O=C(c1cc(Oc2ccccc2)ccn1)N1CCCNCC1. The van der Waals surface area contributed by atoms with Crippen LogP contribution in [0, 0.1) is 0 Å². The van der Waals surface area contributed by atoms with Crippen LogP contribution < -0.4 is 10.1 Å². The molecule has 0 unspecified atom stereocenters. The lowest BCUT2D eigenvalue weighted by atomic mass is 10.2. The molecule has 130 valence electrons. The van der Waals surface area contributed by atoms with E-state index in [9.17, 15) is 4.79 Å². The largest absolute Gasteiger partial charge is 0.457 e. The number of ether oxygens (including phenoxy) is 1. The lowest BCUT2D eigenvalue weighted by molar-refractivity contribution is 0.0760. The van der Waals surface area contributed by atoms with Gasteiger partial charge in [0.25, 0.3) is 5.91 Å². The Morgan fingerprint density at radius 1 is 1.04 bits per heavy atom. The first-order chi connectivity index (χ1) is 10.8. The summed E-state index contributed by atoms with van der Waals surface area (Å²) in [5.74, 6) is 1.32. The fourth-order valence-electron chi connectivity index (χ4n) is 2.43. The molecule has 1 aromatic carbocycles. The smallest absolute Gasteiger partial charge is 0.272 e. The predicted molar refractivity (Wildman–Crippen MR) is 98.6 cm³/mol. The van der Waals surface area contributed by atoms with Gasteiger partial charge < -0.3 is 15.0 Å². The van der Waals surface area contributed by atoms with Gasteiger partial charge in [-0.15, -0.1) is 24.8 Å². The molecule has 0 spiro atoms. The molecule has 5 nitrogen and oxygen atoms in total. The zero-order chi connectivity index (χ0) is 15.2. The van der Waals surface area contributed by atoms with Crippen molar-refractivity contribution in [1.82, 2.24) is 15.2 Å². The van der Waals surface area contributed by atoms with Gasteiger partial charge in [0.1, 0.15) is 17.2 Å². The van der Waals surface area contributed by atoms with Crippen LogP contribution in [0.5, 0.6) is 11.5 Å². The number of carbonyl (C=O) groups is 1. The maximum absolute atomic E-state index is 12.5. The second-order valence-corrected chi connectivity index (χ2v) is 5.19. The van der Waals surface area contributed by atoms with Crippen molar-refractivity contribution in [2.45, 2.75) is 6.42 Å². The molecule has 2 aromatic rings. The Labute approximate surface area is 154 Å². The van der Waals surface area contributed by atoms with Crippen LogP contribution in [0.1, 0.15) is 16.9 Å². The fraction of sp³-hybridized carbons (Fsp3) is 0.294. The summed E-state index contributed by atoms with van der Waals surface area (Å²) >= 11 is 0. The monoisotopic (exact) mass is 369 g/mol. The number of nitrogens with one attached hydrogen (secondary N) is 1. The van der Waals surface area contributed by atoms with Gasteiger partial charge in [-0.2, -0.15) is 0 Å². The lowest BCUT2D eigenvalue weighted by Gasteiger charge is -2.19. The number of amides is 1. The van der Waals surface area contributed by atoms with Gasteiger partial charge >= 0.3 is 0 Å². The molecule has 3 rings (SSSR count). The molecule has 1 aliphatic rings. The minimum Gasteiger partial charge on any atom is -0.457 e. The first-order valence-corrected chi connectivity index (χ1v) is 7.52. The topological polar surface area (TPSA) is 54.5 Å². The van der Waals surface area contributed by atoms with Crippen LogP contribution in [0.15, 0.2) is 48.7 Å². The minimum absolute atomic E-state index is 0. The van der Waals surface area contributed by atoms with Crippen LogP contribution in [-0.2, 0) is 0 Å². The lowest BCUT2D eigenvalue weighted by Crippen LogP contribution is -2.34. The molecule has 1 aromatic heterocycles. The third-order valence-corrected chi connectivity index (χ3v) is 3.56. The van der Waals surface area contributed by atoms with Crippen molar-refractivity contribution in [3.05, 3.63) is 54.4 Å². The van der Waals surface area contributed by atoms with E-state index in [-0.39, 0.29) is 30.7 Å². The Hall–Kier alpha value is -1.82. The van der Waals surface area contributed by atoms with Gasteiger partial charge in [-0.25, -0.2) is 0 Å². The van der Waals surface area contributed by atoms with E-state index >= 15 is 0 Å². The maximum atomic E-state index is 12.5. The zero-order valence-corrected chi connectivity index (χ0v) is 14.8. The van der Waals surface area contributed by atoms with Crippen LogP contribution in [0.3, 0.4) is 0 Å². The van der Waals surface area contributed by atoms with Crippen molar-refractivity contribution >= 4 is 30.7 Å². The molecule has 0 bridgehead atoms. The number of hydrogen-bond acceptors (Lipinski definition) is 4. The van der Waals surface area contributed by atoms with Gasteiger partial charge in [-0.3, -0.25) is 9.78 Å². The van der Waals surface area contributed by atoms with Crippen molar-refractivity contribution < 1.29 is 9.53 Å². The molecule has 1 saturated heterocycles. The fourth-order valence-corrected chi connectivity index (χ4v) is 2.43. The Morgan fingerprint density at radius 2 is 1.83 bits per heavy atom. The summed E-state index contributed by atoms with van der Waals surface area (Å²) in [7, 11) is 0. The Bertz CT molecular complexity index is 633. The van der Waals surface area contributed by atoms with E-state index in [2.05, 4.69) is 10.3 Å². The molecule has 1 aliphatic heterocycles. The summed E-state index contributed by atoms with van der Waals surface area (Å²) in [4.78, 5) is 18.6. The number of pyridine rings is 1. The average molecular weight is 370 g/mol. The van der Waals surface area contributed by atoms with Crippen molar-refractivity contribution in [3.63, 3.8) is 0 Å². The highest BCUT2D eigenvalue weighted by Crippen LogP contribution is 2.21. The molecule has 7 heteroatoms. The summed E-state index contributed by atoms with van der Waals surface area (Å²) in [5, 5.41) is 3.29. The summed E-state index contributed by atoms with van der Waals surface area (Å²) in [6.45, 7) is 3.25. The minimum atomic E-state index is -0.0396. The number of para-hydroxylation sites is 1. The number of benzene rings is 1. The van der Waals surface area contributed by atoms with Crippen LogP contribution in [0.25, 0.3) is 0 Å². The third-order valence-electron chi connectivity index (χ3n) is 3.56. The average Bonchev–Trinajstić information content (AvgIpc) is 2.85. The van der Waals surface area contributed by atoms with Crippen molar-refractivity contribution in [2.75, 3.05) is 26.2 Å². The number of carbonyl (C=O) groups excluding carboxylic acids is 1. The van der Waals surface area contributed by atoms with E-state index in [0.717, 1.165) is 31.8 Å². The summed E-state index contributed by atoms with van der Waals surface area (Å²) < 4.78 is 5.76. The molecule has 1 N–H and O–H groups in total. The van der Waals surface area contributed by atoms with Gasteiger partial charge in [0, 0.05) is 31.9 Å². The van der Waals surface area contributed by atoms with Gasteiger partial charge in [0.05, 0.1) is 0 Å². The van der Waals surface area contributed by atoms with Crippen molar-refractivity contribution in [1.29, 1.82) is 0 Å². The molecular weight excluding hydrogens is 349 g/mol. The van der Waals surface area contributed by atoms with Gasteiger partial charge in [-0.05, 0) is 31.2 Å². The Kier molecular flexibility index (Phi) is 8.54.